The summed E-state index contributed by atoms with van der Waals surface area (Å²) in [5, 5.41) is 6.31. The van der Waals surface area contributed by atoms with Crippen molar-refractivity contribution in [2.24, 2.45) is 5.11 Å². The average molecular weight is 426 g/mol. The Bertz CT molecular complexity index is 761. The molecule has 1 fully saturated rings. The molecular formula is C18H26N4O8. The maximum atomic E-state index is 12.1. The zero-order valence-electron chi connectivity index (χ0n) is 17.5. The van der Waals surface area contributed by atoms with Crippen LogP contribution in [0.1, 0.15) is 34.1 Å². The number of esters is 2. The van der Waals surface area contributed by atoms with Gasteiger partial charge in [0, 0.05) is 18.3 Å². The lowest BCUT2D eigenvalue weighted by molar-refractivity contribution is -0.188. The number of hydrogen-bond donors (Lipinski definition) is 1. The van der Waals surface area contributed by atoms with Crippen LogP contribution in [0.25, 0.3) is 10.4 Å². The summed E-state index contributed by atoms with van der Waals surface area (Å²) in [7, 11) is 1.16. The van der Waals surface area contributed by atoms with Gasteiger partial charge in [0.15, 0.2) is 18.0 Å². The van der Waals surface area contributed by atoms with Crippen LogP contribution in [0.2, 0.25) is 0 Å². The van der Waals surface area contributed by atoms with Crippen LogP contribution in [0.4, 0.5) is 0 Å². The van der Waals surface area contributed by atoms with Crippen LogP contribution in [0.15, 0.2) is 16.9 Å². The number of hydrogen-bond acceptors (Lipinski definition) is 9. The van der Waals surface area contributed by atoms with Gasteiger partial charge in [-0.25, -0.2) is 4.79 Å². The maximum Gasteiger partial charge on any atom is 0.372 e. The van der Waals surface area contributed by atoms with Crippen LogP contribution in [0.3, 0.4) is 0 Å². The van der Waals surface area contributed by atoms with Crippen LogP contribution in [-0.2, 0) is 38.1 Å². The molecule has 0 aromatic carbocycles. The molecule has 12 heteroatoms. The number of rotatable bonds is 7. The van der Waals surface area contributed by atoms with Crippen molar-refractivity contribution in [3.8, 4) is 0 Å². The highest BCUT2D eigenvalue weighted by molar-refractivity contribution is 5.86. The van der Waals surface area contributed by atoms with E-state index in [1.165, 1.54) is 13.0 Å². The summed E-state index contributed by atoms with van der Waals surface area (Å²) in [6.07, 6.45) is -1.65. The minimum atomic E-state index is -1.12. The lowest BCUT2D eigenvalue weighted by Gasteiger charge is -2.40. The lowest BCUT2D eigenvalue weighted by Crippen LogP contribution is -2.60. The standard InChI is InChI=1S/C18H26N4O8/c1-6-13(24)29-15(12-8-27-18(3,4)30-12)16-14(20-9(2)23)10(21-22-19)7-11(28-16)17(25)26-5/h7,10,12,14-16H,6,8H2,1-5H3,(H,20,23)/t10-,12+,14+,15+,16+/m0/s1. The second-order valence-electron chi connectivity index (χ2n) is 7.20. The van der Waals surface area contributed by atoms with Gasteiger partial charge in [0.05, 0.1) is 25.8 Å². The van der Waals surface area contributed by atoms with E-state index in [-0.39, 0.29) is 18.8 Å². The van der Waals surface area contributed by atoms with Gasteiger partial charge in [-0.15, -0.1) is 0 Å². The Balaban J connectivity index is 2.50. The molecule has 166 valence electrons. The molecule has 2 aliphatic heterocycles. The second-order valence-corrected chi connectivity index (χ2v) is 7.20. The number of azide groups is 1. The van der Waals surface area contributed by atoms with Crippen molar-refractivity contribution in [3.63, 3.8) is 0 Å². The SMILES string of the molecule is CCC(=O)O[C@@H]([C@@H]1OC(C(=O)OC)=C[C@H](N=[N+]=[N-])[C@H]1NC(C)=O)[C@H]1COC(C)(C)O1. The first-order chi connectivity index (χ1) is 14.1. The Morgan fingerprint density at radius 3 is 2.63 bits per heavy atom. The number of nitrogens with zero attached hydrogens (tertiary/aromatic N) is 3. The predicted molar refractivity (Wildman–Crippen MR) is 101 cm³/mol. The number of carbonyl (C=O) groups excluding carboxylic acids is 3. The largest absolute Gasteiger partial charge is 0.477 e. The fourth-order valence-corrected chi connectivity index (χ4v) is 3.23. The summed E-state index contributed by atoms with van der Waals surface area (Å²) in [4.78, 5) is 38.9. The molecule has 0 saturated carbocycles. The van der Waals surface area contributed by atoms with E-state index >= 15 is 0 Å². The zero-order chi connectivity index (χ0) is 22.5. The maximum absolute atomic E-state index is 12.1. The van der Waals surface area contributed by atoms with Gasteiger partial charge in [0.1, 0.15) is 6.10 Å². The molecule has 0 aromatic heterocycles. The fourth-order valence-electron chi connectivity index (χ4n) is 3.23. The molecule has 1 saturated heterocycles. The molecule has 0 bridgehead atoms. The quantitative estimate of drug-likeness (QED) is 0.274. The van der Waals surface area contributed by atoms with Crippen molar-refractivity contribution in [2.45, 2.75) is 70.3 Å². The Hall–Kier alpha value is -2.82. The third-order valence-electron chi connectivity index (χ3n) is 4.53. The van der Waals surface area contributed by atoms with Gasteiger partial charge in [-0.05, 0) is 25.5 Å². The van der Waals surface area contributed by atoms with Crippen molar-refractivity contribution in [1.29, 1.82) is 0 Å². The molecule has 30 heavy (non-hydrogen) atoms. The molecule has 12 nitrogen and oxygen atoms in total. The molecule has 1 N–H and O–H groups in total. The Kier molecular flexibility index (Phi) is 7.65. The minimum absolute atomic E-state index is 0.0739. The van der Waals surface area contributed by atoms with Crippen molar-refractivity contribution in [3.05, 3.63) is 22.3 Å². The average Bonchev–Trinajstić information content (AvgIpc) is 3.05. The first kappa shape index (κ1) is 23.5. The molecule has 5 atom stereocenters. The van der Waals surface area contributed by atoms with Gasteiger partial charge in [0.2, 0.25) is 11.7 Å². The number of carbonyl (C=O) groups is 3. The number of amides is 1. The molecule has 1 amide bonds. The molecular weight excluding hydrogens is 400 g/mol. The molecule has 0 aliphatic carbocycles. The summed E-state index contributed by atoms with van der Waals surface area (Å²) in [6, 6.07) is -1.96. The number of ether oxygens (including phenoxy) is 5. The van der Waals surface area contributed by atoms with Gasteiger partial charge in [-0.1, -0.05) is 12.0 Å². The van der Waals surface area contributed by atoms with Gasteiger partial charge in [0.25, 0.3) is 0 Å². The monoisotopic (exact) mass is 426 g/mol. The van der Waals surface area contributed by atoms with Gasteiger partial charge >= 0.3 is 11.9 Å². The summed E-state index contributed by atoms with van der Waals surface area (Å²) in [6.45, 7) is 6.35. The molecule has 2 heterocycles. The van der Waals surface area contributed by atoms with Crippen molar-refractivity contribution >= 4 is 17.8 Å². The normalized spacial score (nSPS) is 28.2. The van der Waals surface area contributed by atoms with E-state index in [9.17, 15) is 14.4 Å². The van der Waals surface area contributed by atoms with Gasteiger partial charge in [-0.2, -0.15) is 0 Å². The Labute approximate surface area is 173 Å². The van der Waals surface area contributed by atoms with Gasteiger partial charge < -0.3 is 29.0 Å². The van der Waals surface area contributed by atoms with Crippen LogP contribution in [0, 0.1) is 0 Å². The van der Waals surface area contributed by atoms with E-state index in [1.54, 1.807) is 20.8 Å². The number of nitrogens with one attached hydrogen (secondary N) is 1. The molecule has 2 aliphatic rings. The van der Waals surface area contributed by atoms with Crippen LogP contribution in [-0.4, -0.2) is 67.7 Å². The van der Waals surface area contributed by atoms with E-state index in [0.29, 0.717) is 0 Å². The van der Waals surface area contributed by atoms with Crippen molar-refractivity contribution < 1.29 is 38.1 Å². The minimum Gasteiger partial charge on any atom is -0.477 e. The number of methoxy groups -OCH3 is 1. The Morgan fingerprint density at radius 1 is 1.43 bits per heavy atom. The highest BCUT2D eigenvalue weighted by Gasteiger charge is 2.50. The Morgan fingerprint density at radius 2 is 2.13 bits per heavy atom. The predicted octanol–water partition coefficient (Wildman–Crippen LogP) is 1.10. The van der Waals surface area contributed by atoms with Crippen LogP contribution < -0.4 is 5.32 Å². The van der Waals surface area contributed by atoms with Crippen molar-refractivity contribution in [2.75, 3.05) is 13.7 Å². The highest BCUT2D eigenvalue weighted by Crippen LogP contribution is 2.32. The molecule has 0 aromatic rings. The molecule has 2 rings (SSSR count). The molecule has 0 unspecified atom stereocenters. The van der Waals surface area contributed by atoms with Crippen molar-refractivity contribution in [1.82, 2.24) is 5.32 Å². The fraction of sp³-hybridized carbons (Fsp3) is 0.722. The van der Waals surface area contributed by atoms with Crippen LogP contribution >= 0.6 is 0 Å². The zero-order valence-corrected chi connectivity index (χ0v) is 17.5. The molecule has 0 spiro atoms. The summed E-state index contributed by atoms with van der Waals surface area (Å²) in [5.74, 6) is -2.98. The highest BCUT2D eigenvalue weighted by atomic mass is 16.8. The first-order valence-electron chi connectivity index (χ1n) is 9.41. The molecule has 0 radical (unpaired) electrons. The summed E-state index contributed by atoms with van der Waals surface area (Å²) in [5.41, 5.74) is 8.97. The topological polar surface area (TPSA) is 158 Å². The second kappa shape index (κ2) is 9.79. The third-order valence-corrected chi connectivity index (χ3v) is 4.53. The first-order valence-corrected chi connectivity index (χ1v) is 9.41. The summed E-state index contributed by atoms with van der Waals surface area (Å²) < 4.78 is 27.5. The van der Waals surface area contributed by atoms with E-state index in [0.717, 1.165) is 7.11 Å². The van der Waals surface area contributed by atoms with E-state index in [2.05, 4.69) is 15.3 Å². The van der Waals surface area contributed by atoms with E-state index in [4.69, 9.17) is 29.2 Å². The summed E-state index contributed by atoms with van der Waals surface area (Å²) >= 11 is 0. The smallest absolute Gasteiger partial charge is 0.372 e. The third kappa shape index (κ3) is 5.62. The van der Waals surface area contributed by atoms with Gasteiger partial charge in [-0.3, -0.25) is 9.59 Å². The van der Waals surface area contributed by atoms with Crippen LogP contribution in [0.5, 0.6) is 0 Å². The lowest BCUT2D eigenvalue weighted by atomic mass is 9.92. The van der Waals surface area contributed by atoms with E-state index in [1.807, 2.05) is 0 Å². The van der Waals surface area contributed by atoms with E-state index < -0.39 is 54.0 Å².